The Hall–Kier alpha value is -3.86. The minimum atomic E-state index is -2.93. The molecule has 2 fully saturated rings. The maximum atomic E-state index is 14.2. The lowest BCUT2D eigenvalue weighted by molar-refractivity contribution is -0.159. The van der Waals surface area contributed by atoms with Gasteiger partial charge in [0.2, 0.25) is 5.78 Å². The van der Waals surface area contributed by atoms with Crippen molar-refractivity contribution in [3.8, 4) is 5.75 Å². The normalized spacial score (nSPS) is 31.4. The molecule has 0 bridgehead atoms. The third-order valence-corrected chi connectivity index (χ3v) is 9.69. The lowest BCUT2D eigenvalue weighted by Crippen LogP contribution is -2.67. The fourth-order valence-electron chi connectivity index (χ4n) is 7.37. The number of nitrogens with zero attached hydrogens (tertiary/aromatic N) is 3. The fraction of sp³-hybridized carbons (Fsp3) is 0.533. The number of β-amino-alcohol motifs (C(OH)–C–C–N with tert-alkyl or cyclic N) is 1. The van der Waals surface area contributed by atoms with Crippen molar-refractivity contribution in [3.63, 3.8) is 0 Å². The van der Waals surface area contributed by atoms with Crippen molar-refractivity contribution >= 4 is 29.2 Å². The second kappa shape index (κ2) is 11.5. The summed E-state index contributed by atoms with van der Waals surface area (Å²) >= 11 is 0. The maximum Gasteiger partial charge on any atom is 0.341 e. The van der Waals surface area contributed by atoms with E-state index in [1.54, 1.807) is 0 Å². The summed E-state index contributed by atoms with van der Waals surface area (Å²) in [5.74, 6) is -10.1. The molecule has 8 N–H and O–H groups in total. The number of piperazine rings is 1. The van der Waals surface area contributed by atoms with E-state index >= 15 is 0 Å². The Bertz CT molecular complexity index is 1510. The summed E-state index contributed by atoms with van der Waals surface area (Å²) in [5, 5.41) is 78.3. The Kier molecular flexibility index (Phi) is 8.31. The summed E-state index contributed by atoms with van der Waals surface area (Å²) in [4.78, 5) is 58.7. The van der Waals surface area contributed by atoms with Gasteiger partial charge >= 0.3 is 5.97 Å². The molecule has 1 aromatic rings. The van der Waals surface area contributed by atoms with Crippen molar-refractivity contribution in [2.75, 3.05) is 53.4 Å². The molecule has 1 amide bonds. The van der Waals surface area contributed by atoms with E-state index in [0.717, 1.165) is 0 Å². The number of aliphatic carboxylic acids is 1. The molecule has 15 heteroatoms. The van der Waals surface area contributed by atoms with Crippen LogP contribution in [0.25, 0.3) is 5.76 Å². The lowest BCUT2D eigenvalue weighted by atomic mass is 9.54. The van der Waals surface area contributed by atoms with Gasteiger partial charge in [-0.3, -0.25) is 29.1 Å². The Labute approximate surface area is 258 Å². The van der Waals surface area contributed by atoms with Crippen molar-refractivity contribution < 1.29 is 54.9 Å². The number of aliphatic hydroxyl groups excluding tert-OH is 3. The van der Waals surface area contributed by atoms with Gasteiger partial charge < -0.3 is 41.1 Å². The molecular formula is C30H38N4O11. The first kappa shape index (κ1) is 32.5. The van der Waals surface area contributed by atoms with E-state index in [1.807, 2.05) is 4.90 Å². The SMILES string of the molecule is CN(C)[C@@H]1C(=O)C(C(=O)N[C@H](C(=O)O)N2CCN(CCO)CC2)=C(O)[C@@]2(O)C(=O)C3=C(O)c4c(O)cccc4[C@@](C)(O)[C@H]3C[C@@H]12. The number of amides is 1. The van der Waals surface area contributed by atoms with E-state index < -0.39 is 87.1 Å². The van der Waals surface area contributed by atoms with Crippen LogP contribution in [0.4, 0.5) is 0 Å². The van der Waals surface area contributed by atoms with Gasteiger partial charge in [0.1, 0.15) is 22.8 Å². The number of benzene rings is 1. The molecule has 4 aliphatic rings. The maximum absolute atomic E-state index is 14.2. The molecule has 1 aliphatic heterocycles. The van der Waals surface area contributed by atoms with Crippen LogP contribution in [0, 0.1) is 11.8 Å². The van der Waals surface area contributed by atoms with Crippen LogP contribution in [-0.2, 0) is 24.8 Å². The second-order valence-electron chi connectivity index (χ2n) is 12.4. The molecule has 1 aromatic carbocycles. The highest BCUT2D eigenvalue weighted by molar-refractivity contribution is 6.25. The van der Waals surface area contributed by atoms with E-state index in [4.69, 9.17) is 0 Å². The van der Waals surface area contributed by atoms with Crippen LogP contribution in [0.1, 0.15) is 24.5 Å². The molecule has 244 valence electrons. The number of hydrogen-bond acceptors (Lipinski definition) is 13. The number of Topliss-reactive ketones (excluding diaryl/α,β-unsaturated/α-hetero) is 2. The molecule has 0 radical (unpaired) electrons. The molecule has 15 nitrogen and oxygen atoms in total. The summed E-state index contributed by atoms with van der Waals surface area (Å²) in [6.07, 6.45) is -1.93. The van der Waals surface area contributed by atoms with Crippen molar-refractivity contribution in [1.29, 1.82) is 0 Å². The first-order chi connectivity index (χ1) is 21.1. The third kappa shape index (κ3) is 4.90. The van der Waals surface area contributed by atoms with Gasteiger partial charge in [-0.15, -0.1) is 0 Å². The van der Waals surface area contributed by atoms with Crippen LogP contribution in [0.2, 0.25) is 0 Å². The predicted molar refractivity (Wildman–Crippen MR) is 156 cm³/mol. The number of nitrogens with one attached hydrogen (secondary N) is 1. The first-order valence-corrected chi connectivity index (χ1v) is 14.6. The molecular weight excluding hydrogens is 592 g/mol. The lowest BCUT2D eigenvalue weighted by Gasteiger charge is -2.53. The zero-order valence-electron chi connectivity index (χ0n) is 25.1. The van der Waals surface area contributed by atoms with Crippen LogP contribution in [-0.4, -0.2) is 145 Å². The minimum absolute atomic E-state index is 0.0784. The van der Waals surface area contributed by atoms with E-state index in [-0.39, 0.29) is 37.2 Å². The molecule has 0 spiro atoms. The highest BCUT2D eigenvalue weighted by Crippen LogP contribution is 2.57. The van der Waals surface area contributed by atoms with Crippen molar-refractivity contribution in [1.82, 2.24) is 20.0 Å². The fourth-order valence-corrected chi connectivity index (χ4v) is 7.37. The van der Waals surface area contributed by atoms with Gasteiger partial charge in [0, 0.05) is 50.1 Å². The predicted octanol–water partition coefficient (Wildman–Crippen LogP) is -1.72. The Morgan fingerprint density at radius 3 is 2.31 bits per heavy atom. The number of likely N-dealkylation sites (N-methyl/N-ethyl adjacent to an activating group) is 1. The minimum Gasteiger partial charge on any atom is -0.508 e. The van der Waals surface area contributed by atoms with Gasteiger partial charge in [-0.25, -0.2) is 4.79 Å². The summed E-state index contributed by atoms with van der Waals surface area (Å²) < 4.78 is 0. The van der Waals surface area contributed by atoms with Crippen LogP contribution in [0.15, 0.2) is 35.1 Å². The number of phenolic OH excluding ortho intramolecular Hbond substituents is 1. The number of rotatable bonds is 7. The number of hydrogen-bond donors (Lipinski definition) is 8. The van der Waals surface area contributed by atoms with Crippen LogP contribution in [0.3, 0.4) is 0 Å². The van der Waals surface area contributed by atoms with E-state index in [9.17, 15) is 54.9 Å². The van der Waals surface area contributed by atoms with E-state index in [0.29, 0.717) is 19.6 Å². The number of carboxylic acid groups (broad SMARTS) is 1. The van der Waals surface area contributed by atoms with Crippen molar-refractivity contribution in [2.45, 2.75) is 36.8 Å². The Morgan fingerprint density at radius 1 is 1.09 bits per heavy atom. The van der Waals surface area contributed by atoms with Gasteiger partial charge in [0.15, 0.2) is 17.6 Å². The average molecular weight is 631 g/mol. The molecule has 1 saturated heterocycles. The topological polar surface area (TPSA) is 232 Å². The van der Waals surface area contributed by atoms with Crippen LogP contribution < -0.4 is 5.32 Å². The smallest absolute Gasteiger partial charge is 0.341 e. The molecule has 45 heavy (non-hydrogen) atoms. The zero-order chi connectivity index (χ0) is 33.2. The molecule has 3 aliphatic carbocycles. The molecule has 1 saturated carbocycles. The molecule has 1 heterocycles. The van der Waals surface area contributed by atoms with E-state index in [2.05, 4.69) is 5.32 Å². The summed E-state index contributed by atoms with van der Waals surface area (Å²) in [5.41, 5.74) is -6.40. The number of aromatic hydroxyl groups is 1. The number of carbonyl (C=O) groups is 4. The molecule has 6 atom stereocenters. The average Bonchev–Trinajstić information content (AvgIpc) is 2.97. The van der Waals surface area contributed by atoms with Crippen molar-refractivity contribution in [2.24, 2.45) is 11.8 Å². The highest BCUT2D eigenvalue weighted by atomic mass is 16.4. The molecule has 0 aromatic heterocycles. The van der Waals surface area contributed by atoms with Crippen LogP contribution >= 0.6 is 0 Å². The Balaban J connectivity index is 1.58. The van der Waals surface area contributed by atoms with Gasteiger partial charge in [-0.1, -0.05) is 12.1 Å². The number of ketones is 2. The summed E-state index contributed by atoms with van der Waals surface area (Å²) in [7, 11) is 2.93. The number of carboxylic acids is 1. The summed E-state index contributed by atoms with van der Waals surface area (Å²) in [6.45, 7) is 2.88. The van der Waals surface area contributed by atoms with Crippen molar-refractivity contribution in [3.05, 3.63) is 46.2 Å². The number of phenols is 1. The zero-order valence-corrected chi connectivity index (χ0v) is 25.1. The standard InChI is InChI=1S/C30H38N4O11/c1-29(44)14-5-4-6-17(36)18(14)22(37)19-15(29)13-16-21(32(2)3)23(38)20(25(40)30(16,45)24(19)39)27(41)31-26(28(42)43)34-9-7-33(8-10-34)11-12-35/h4-6,15-16,21,26,35-37,40,44-45H,7-13H2,1-3H3,(H,31,41)(H,42,43)/t15-,16-,21-,26-,29+,30-/m0/s1. The highest BCUT2D eigenvalue weighted by Gasteiger charge is 2.66. The third-order valence-electron chi connectivity index (χ3n) is 9.69. The van der Waals surface area contributed by atoms with Gasteiger partial charge in [-0.2, -0.15) is 0 Å². The van der Waals surface area contributed by atoms with Gasteiger partial charge in [0.05, 0.1) is 23.8 Å². The summed E-state index contributed by atoms with van der Waals surface area (Å²) in [6, 6.07) is 2.77. The Morgan fingerprint density at radius 2 is 1.73 bits per heavy atom. The van der Waals surface area contributed by atoms with E-state index in [1.165, 1.54) is 49.0 Å². The quantitative estimate of drug-likeness (QED) is 0.157. The van der Waals surface area contributed by atoms with Crippen LogP contribution in [0.5, 0.6) is 5.75 Å². The number of aliphatic hydroxyl groups is 5. The number of fused-ring (bicyclic) bond motifs is 3. The first-order valence-electron chi connectivity index (χ1n) is 14.6. The monoisotopic (exact) mass is 630 g/mol. The van der Waals surface area contributed by atoms with Gasteiger partial charge in [-0.05, 0) is 39.1 Å². The molecule has 0 unspecified atom stereocenters. The largest absolute Gasteiger partial charge is 0.508 e. The second-order valence-corrected chi connectivity index (χ2v) is 12.4. The number of carbonyl (C=O) groups excluding carboxylic acids is 3. The molecule has 5 rings (SSSR count). The van der Waals surface area contributed by atoms with Gasteiger partial charge in [0.25, 0.3) is 5.91 Å².